The second-order valence-corrected chi connectivity index (χ2v) is 7.37. The molecule has 0 aliphatic rings. The summed E-state index contributed by atoms with van der Waals surface area (Å²) in [5.41, 5.74) is 2.03. The van der Waals surface area contributed by atoms with Gasteiger partial charge in [-0.1, -0.05) is 41.9 Å². The van der Waals surface area contributed by atoms with E-state index >= 15 is 0 Å². The van der Waals surface area contributed by atoms with Crippen LogP contribution in [0.25, 0.3) is 33.3 Å². The van der Waals surface area contributed by atoms with E-state index in [-0.39, 0.29) is 22.4 Å². The number of hydrogen-bond donors (Lipinski definition) is 1. The summed E-state index contributed by atoms with van der Waals surface area (Å²) in [6, 6.07) is 20.0. The lowest BCUT2D eigenvalue weighted by Gasteiger charge is -2.06. The van der Waals surface area contributed by atoms with Crippen LogP contribution in [0.5, 0.6) is 0 Å². The summed E-state index contributed by atoms with van der Waals surface area (Å²) in [6.07, 6.45) is 0. The van der Waals surface area contributed by atoms with Crippen molar-refractivity contribution < 1.29 is 18.0 Å². The zero-order valence-corrected chi connectivity index (χ0v) is 16.6. The third kappa shape index (κ3) is 3.62. The van der Waals surface area contributed by atoms with E-state index in [0.29, 0.717) is 22.4 Å². The van der Waals surface area contributed by atoms with Crippen molar-refractivity contribution in [2.75, 3.05) is 5.32 Å². The van der Waals surface area contributed by atoms with E-state index in [2.05, 4.69) is 10.3 Å². The molecule has 1 amide bonds. The van der Waals surface area contributed by atoms with Crippen molar-refractivity contribution in [1.29, 1.82) is 0 Å². The molecule has 1 N–H and O–H groups in total. The number of hydrogen-bond acceptors (Lipinski definition) is 3. The molecule has 1 heterocycles. The molecule has 0 aliphatic carbocycles. The number of fused-ring (bicyclic) bond motifs is 2. The SMILES string of the molecule is O=C(Nc1ccc2oc(-c3cc(F)c(F)cc3Cl)nc2c1)c1ccc2ccccc2c1. The fourth-order valence-electron chi connectivity index (χ4n) is 3.34. The van der Waals surface area contributed by atoms with Gasteiger partial charge < -0.3 is 9.73 Å². The molecule has 0 bridgehead atoms. The van der Waals surface area contributed by atoms with E-state index in [0.717, 1.165) is 22.9 Å². The molecule has 152 valence electrons. The highest BCUT2D eigenvalue weighted by Gasteiger charge is 2.16. The summed E-state index contributed by atoms with van der Waals surface area (Å²) in [5.74, 6) is -2.32. The number of benzene rings is 4. The van der Waals surface area contributed by atoms with Gasteiger partial charge in [0.2, 0.25) is 5.89 Å². The van der Waals surface area contributed by atoms with Gasteiger partial charge in [-0.25, -0.2) is 13.8 Å². The maximum Gasteiger partial charge on any atom is 0.255 e. The van der Waals surface area contributed by atoms with Gasteiger partial charge in [0.05, 0.1) is 10.6 Å². The molecule has 5 rings (SSSR count). The van der Waals surface area contributed by atoms with Crippen LogP contribution >= 0.6 is 11.6 Å². The van der Waals surface area contributed by atoms with E-state index in [4.69, 9.17) is 16.0 Å². The monoisotopic (exact) mass is 434 g/mol. The second kappa shape index (κ2) is 7.49. The summed E-state index contributed by atoms with van der Waals surface area (Å²) < 4.78 is 32.6. The summed E-state index contributed by atoms with van der Waals surface area (Å²) in [7, 11) is 0. The van der Waals surface area contributed by atoms with E-state index in [1.807, 2.05) is 36.4 Å². The second-order valence-electron chi connectivity index (χ2n) is 6.96. The molecule has 0 fully saturated rings. The van der Waals surface area contributed by atoms with Gasteiger partial charge in [0.25, 0.3) is 5.91 Å². The third-order valence-corrected chi connectivity index (χ3v) is 5.21. The topological polar surface area (TPSA) is 55.1 Å². The molecule has 0 radical (unpaired) electrons. The van der Waals surface area contributed by atoms with Crippen LogP contribution in [0.15, 0.2) is 77.2 Å². The Morgan fingerprint density at radius 3 is 2.52 bits per heavy atom. The number of carbonyl (C=O) groups is 1. The highest BCUT2D eigenvalue weighted by Crippen LogP contribution is 2.32. The van der Waals surface area contributed by atoms with Crippen molar-refractivity contribution in [3.8, 4) is 11.5 Å². The van der Waals surface area contributed by atoms with E-state index in [9.17, 15) is 13.6 Å². The van der Waals surface area contributed by atoms with Crippen LogP contribution in [0.1, 0.15) is 10.4 Å². The predicted octanol–water partition coefficient (Wildman–Crippen LogP) is 6.83. The van der Waals surface area contributed by atoms with Crippen LogP contribution < -0.4 is 5.32 Å². The van der Waals surface area contributed by atoms with Gasteiger partial charge in [0.15, 0.2) is 17.2 Å². The minimum Gasteiger partial charge on any atom is -0.436 e. The Morgan fingerprint density at radius 1 is 0.903 bits per heavy atom. The number of oxazole rings is 1. The average molecular weight is 435 g/mol. The quantitative estimate of drug-likeness (QED) is 0.316. The van der Waals surface area contributed by atoms with Crippen LogP contribution in [0, 0.1) is 11.6 Å². The molecule has 0 unspecified atom stereocenters. The Morgan fingerprint density at radius 2 is 1.68 bits per heavy atom. The Kier molecular flexibility index (Phi) is 4.64. The van der Waals surface area contributed by atoms with Gasteiger partial charge in [-0.05, 0) is 53.2 Å². The number of nitrogens with zero attached hydrogens (tertiary/aromatic N) is 1. The van der Waals surface area contributed by atoms with Gasteiger partial charge in [0, 0.05) is 11.3 Å². The number of aromatic nitrogens is 1. The highest BCUT2D eigenvalue weighted by molar-refractivity contribution is 6.33. The Balaban J connectivity index is 1.44. The minimum atomic E-state index is -1.05. The first kappa shape index (κ1) is 19.2. The van der Waals surface area contributed by atoms with Gasteiger partial charge in [-0.2, -0.15) is 0 Å². The van der Waals surface area contributed by atoms with Crippen molar-refractivity contribution in [2.24, 2.45) is 0 Å². The maximum atomic E-state index is 13.6. The fourth-order valence-corrected chi connectivity index (χ4v) is 3.57. The third-order valence-electron chi connectivity index (χ3n) is 4.90. The van der Waals surface area contributed by atoms with E-state index in [1.54, 1.807) is 24.3 Å². The molecular formula is C24H13ClF2N2O2. The van der Waals surface area contributed by atoms with Crippen LogP contribution in [-0.2, 0) is 0 Å². The van der Waals surface area contributed by atoms with E-state index < -0.39 is 11.6 Å². The number of carbonyl (C=O) groups excluding carboxylic acids is 1. The lowest BCUT2D eigenvalue weighted by molar-refractivity contribution is 0.102. The molecule has 31 heavy (non-hydrogen) atoms. The number of halogens is 3. The van der Waals surface area contributed by atoms with Crippen LogP contribution in [0.4, 0.5) is 14.5 Å². The van der Waals surface area contributed by atoms with Gasteiger partial charge in [-0.15, -0.1) is 0 Å². The first-order valence-electron chi connectivity index (χ1n) is 9.33. The molecule has 0 saturated heterocycles. The normalized spacial score (nSPS) is 11.2. The molecular weight excluding hydrogens is 422 g/mol. The highest BCUT2D eigenvalue weighted by atomic mass is 35.5. The summed E-state index contributed by atoms with van der Waals surface area (Å²) in [6.45, 7) is 0. The van der Waals surface area contributed by atoms with Crippen LogP contribution in [0.2, 0.25) is 5.02 Å². The zero-order valence-electron chi connectivity index (χ0n) is 15.8. The number of anilines is 1. The molecule has 1 aromatic heterocycles. The standard InChI is InChI=1S/C24H13ClF2N2O2/c25-18-12-20(27)19(26)11-17(18)24-29-21-10-16(7-8-22(21)31-24)28-23(30)15-6-5-13-3-1-2-4-14(13)9-15/h1-12H,(H,28,30). The molecule has 4 nitrogen and oxygen atoms in total. The zero-order chi connectivity index (χ0) is 21.5. The van der Waals surface area contributed by atoms with Crippen molar-refractivity contribution in [3.63, 3.8) is 0 Å². The van der Waals surface area contributed by atoms with E-state index in [1.165, 1.54) is 0 Å². The van der Waals surface area contributed by atoms with Gasteiger partial charge in [-0.3, -0.25) is 4.79 Å². The Labute approximate surface area is 180 Å². The summed E-state index contributed by atoms with van der Waals surface area (Å²) in [5, 5.41) is 4.83. The van der Waals surface area contributed by atoms with Crippen molar-refractivity contribution in [3.05, 3.63) is 95.0 Å². The molecule has 0 saturated carbocycles. The lowest BCUT2D eigenvalue weighted by Crippen LogP contribution is -2.11. The molecule has 4 aromatic carbocycles. The van der Waals surface area contributed by atoms with Crippen molar-refractivity contribution in [1.82, 2.24) is 4.98 Å². The van der Waals surface area contributed by atoms with Gasteiger partial charge >= 0.3 is 0 Å². The fraction of sp³-hybridized carbons (Fsp3) is 0. The molecule has 0 spiro atoms. The Hall–Kier alpha value is -3.77. The average Bonchev–Trinajstić information content (AvgIpc) is 3.19. The van der Waals surface area contributed by atoms with Crippen LogP contribution in [0.3, 0.4) is 0 Å². The lowest BCUT2D eigenvalue weighted by atomic mass is 10.1. The largest absolute Gasteiger partial charge is 0.436 e. The number of nitrogens with one attached hydrogen (secondary N) is 1. The summed E-state index contributed by atoms with van der Waals surface area (Å²) >= 11 is 6.01. The minimum absolute atomic E-state index is 0.0183. The molecule has 0 atom stereocenters. The number of amides is 1. The maximum absolute atomic E-state index is 13.6. The smallest absolute Gasteiger partial charge is 0.255 e. The number of rotatable bonds is 3. The molecule has 0 aliphatic heterocycles. The van der Waals surface area contributed by atoms with Crippen LogP contribution in [-0.4, -0.2) is 10.9 Å². The summed E-state index contributed by atoms with van der Waals surface area (Å²) in [4.78, 5) is 17.0. The first-order valence-corrected chi connectivity index (χ1v) is 9.71. The van der Waals surface area contributed by atoms with Crippen molar-refractivity contribution in [2.45, 2.75) is 0 Å². The van der Waals surface area contributed by atoms with Gasteiger partial charge in [0.1, 0.15) is 5.52 Å². The first-order chi connectivity index (χ1) is 15.0. The Bertz CT molecular complexity index is 1480. The predicted molar refractivity (Wildman–Crippen MR) is 116 cm³/mol. The molecule has 5 aromatic rings. The molecule has 7 heteroatoms. The van der Waals surface area contributed by atoms with Crippen molar-refractivity contribution >= 4 is 45.1 Å².